The lowest BCUT2D eigenvalue weighted by molar-refractivity contribution is -0.383. The summed E-state index contributed by atoms with van der Waals surface area (Å²) in [7, 11) is 0. The van der Waals surface area contributed by atoms with Gasteiger partial charge < -0.3 is 10.2 Å². The van der Waals surface area contributed by atoms with Gasteiger partial charge in [0.1, 0.15) is 17.8 Å². The Labute approximate surface area is 140 Å². The lowest BCUT2D eigenvalue weighted by atomic mass is 9.93. The molecule has 0 saturated heterocycles. The molecule has 0 aromatic carbocycles. The highest BCUT2D eigenvalue weighted by Gasteiger charge is 2.33. The van der Waals surface area contributed by atoms with Gasteiger partial charge in [-0.15, -0.1) is 0 Å². The van der Waals surface area contributed by atoms with Crippen LogP contribution in [0.4, 0.5) is 17.3 Å². The molecule has 8 heteroatoms. The summed E-state index contributed by atoms with van der Waals surface area (Å²) in [5.74, 6) is 1.76. The molecule has 2 aliphatic rings. The first-order valence-corrected chi connectivity index (χ1v) is 8.68. The summed E-state index contributed by atoms with van der Waals surface area (Å²) in [6, 6.07) is 0.792. The zero-order valence-electron chi connectivity index (χ0n) is 14.0. The summed E-state index contributed by atoms with van der Waals surface area (Å²) in [6.07, 6.45) is 6.72. The van der Waals surface area contributed by atoms with E-state index in [0.717, 1.165) is 49.4 Å². The zero-order chi connectivity index (χ0) is 16.8. The molecule has 2 aromatic heterocycles. The molecular formula is C16H22N6O2. The van der Waals surface area contributed by atoms with E-state index in [1.54, 1.807) is 4.52 Å². The number of fused-ring (bicyclic) bond motifs is 3. The largest absolute Gasteiger partial charge is 0.367 e. The van der Waals surface area contributed by atoms with Gasteiger partial charge >= 0.3 is 5.69 Å². The van der Waals surface area contributed by atoms with Gasteiger partial charge in [0.15, 0.2) is 0 Å². The van der Waals surface area contributed by atoms with Crippen LogP contribution < -0.4 is 10.2 Å². The highest BCUT2D eigenvalue weighted by atomic mass is 16.6. The maximum atomic E-state index is 11.3. The molecule has 128 valence electrons. The van der Waals surface area contributed by atoms with Crippen LogP contribution in [0.5, 0.6) is 0 Å². The molecule has 0 spiro atoms. The molecule has 1 aliphatic heterocycles. The van der Waals surface area contributed by atoms with Crippen molar-refractivity contribution < 1.29 is 4.92 Å². The second kappa shape index (κ2) is 5.61. The van der Waals surface area contributed by atoms with Crippen molar-refractivity contribution in [3.8, 4) is 0 Å². The van der Waals surface area contributed by atoms with Crippen LogP contribution in [-0.2, 0) is 6.42 Å². The second-order valence-electron chi connectivity index (χ2n) is 6.76. The van der Waals surface area contributed by atoms with Gasteiger partial charge in [0, 0.05) is 24.2 Å². The number of nitro groups is 1. The summed E-state index contributed by atoms with van der Waals surface area (Å²) in [5.41, 5.74) is 1.42. The first-order valence-electron chi connectivity index (χ1n) is 8.68. The zero-order valence-corrected chi connectivity index (χ0v) is 14.0. The molecule has 1 unspecified atom stereocenters. The molecule has 1 aliphatic carbocycles. The van der Waals surface area contributed by atoms with Gasteiger partial charge in [-0.2, -0.15) is 9.61 Å². The number of anilines is 2. The summed E-state index contributed by atoms with van der Waals surface area (Å²) in [4.78, 5) is 17.8. The fraction of sp³-hybridized carbons (Fsp3) is 0.625. The number of nitrogens with zero attached hydrogens (tertiary/aromatic N) is 5. The molecule has 1 N–H and O–H groups in total. The predicted molar refractivity (Wildman–Crippen MR) is 91.7 cm³/mol. The third kappa shape index (κ3) is 2.20. The van der Waals surface area contributed by atoms with E-state index in [4.69, 9.17) is 0 Å². The summed E-state index contributed by atoms with van der Waals surface area (Å²) >= 11 is 0. The van der Waals surface area contributed by atoms with Gasteiger partial charge in [0.05, 0.1) is 4.92 Å². The van der Waals surface area contributed by atoms with Crippen molar-refractivity contribution in [3.63, 3.8) is 0 Å². The highest BCUT2D eigenvalue weighted by Crippen LogP contribution is 2.38. The minimum atomic E-state index is -0.405. The average Bonchev–Trinajstić information content (AvgIpc) is 3.13. The average molecular weight is 330 g/mol. The fourth-order valence-corrected chi connectivity index (χ4v) is 3.51. The van der Waals surface area contributed by atoms with Crippen LogP contribution in [0.15, 0.2) is 6.20 Å². The van der Waals surface area contributed by atoms with Crippen LogP contribution in [0.3, 0.4) is 0 Å². The lowest BCUT2D eigenvalue weighted by Crippen LogP contribution is -2.32. The maximum absolute atomic E-state index is 11.3. The van der Waals surface area contributed by atoms with Crippen molar-refractivity contribution in [1.82, 2.24) is 14.6 Å². The SMILES string of the molecule is CCC(C)N1CCc2c(NC3CCC3)nc3c([N+](=O)[O-])cnn3c21. The number of hydrogen-bond donors (Lipinski definition) is 1. The van der Waals surface area contributed by atoms with Gasteiger partial charge in [-0.3, -0.25) is 10.1 Å². The maximum Gasteiger partial charge on any atom is 0.333 e. The molecule has 0 bridgehead atoms. The van der Waals surface area contributed by atoms with E-state index in [1.807, 2.05) is 0 Å². The van der Waals surface area contributed by atoms with E-state index in [0.29, 0.717) is 17.7 Å². The predicted octanol–water partition coefficient (Wildman–Crippen LogP) is 2.76. The number of hydrogen-bond acceptors (Lipinski definition) is 6. The number of nitrogens with one attached hydrogen (secondary N) is 1. The Morgan fingerprint density at radius 3 is 2.92 bits per heavy atom. The summed E-state index contributed by atoms with van der Waals surface area (Å²) < 4.78 is 1.65. The van der Waals surface area contributed by atoms with E-state index in [-0.39, 0.29) is 5.69 Å². The Balaban J connectivity index is 1.89. The van der Waals surface area contributed by atoms with E-state index in [9.17, 15) is 10.1 Å². The highest BCUT2D eigenvalue weighted by molar-refractivity contribution is 5.73. The Hall–Kier alpha value is -2.38. The standard InChI is InChI=1S/C16H22N6O2/c1-3-10(2)20-8-7-12-14(18-11-5-4-6-11)19-15-13(22(23)24)9-17-21(15)16(12)20/h9-11H,3-8H2,1-2H3,(H,18,19). The van der Waals surface area contributed by atoms with E-state index in [2.05, 4.69) is 34.1 Å². The van der Waals surface area contributed by atoms with Crippen LogP contribution in [0.1, 0.15) is 45.1 Å². The number of aromatic nitrogens is 3. The molecular weight excluding hydrogens is 308 g/mol. The third-order valence-corrected chi connectivity index (χ3v) is 5.34. The first kappa shape index (κ1) is 15.2. The fourth-order valence-electron chi connectivity index (χ4n) is 3.51. The van der Waals surface area contributed by atoms with Crippen molar-refractivity contribution in [2.24, 2.45) is 0 Å². The van der Waals surface area contributed by atoms with Crippen LogP contribution in [0.2, 0.25) is 0 Å². The molecule has 0 radical (unpaired) electrons. The van der Waals surface area contributed by atoms with E-state index >= 15 is 0 Å². The quantitative estimate of drug-likeness (QED) is 0.670. The summed E-state index contributed by atoms with van der Waals surface area (Å²) in [6.45, 7) is 5.23. The van der Waals surface area contributed by atoms with Gasteiger partial charge in [-0.25, -0.2) is 4.98 Å². The van der Waals surface area contributed by atoms with Gasteiger partial charge in [0.25, 0.3) is 0 Å². The monoisotopic (exact) mass is 330 g/mol. The Morgan fingerprint density at radius 1 is 1.50 bits per heavy atom. The normalized spacial score (nSPS) is 18.5. The molecule has 1 atom stereocenters. The van der Waals surface area contributed by atoms with Crippen LogP contribution >= 0.6 is 0 Å². The van der Waals surface area contributed by atoms with Crippen molar-refractivity contribution in [2.45, 2.75) is 58.0 Å². The molecule has 1 saturated carbocycles. The lowest BCUT2D eigenvalue weighted by Gasteiger charge is -2.29. The Bertz CT molecular complexity index is 797. The third-order valence-electron chi connectivity index (χ3n) is 5.34. The molecule has 0 amide bonds. The van der Waals surface area contributed by atoms with Crippen LogP contribution in [0, 0.1) is 10.1 Å². The van der Waals surface area contributed by atoms with Crippen LogP contribution in [-0.4, -0.2) is 38.1 Å². The Kier molecular flexibility index (Phi) is 3.54. The van der Waals surface area contributed by atoms with Gasteiger partial charge in [-0.1, -0.05) is 6.92 Å². The van der Waals surface area contributed by atoms with Crippen molar-refractivity contribution in [2.75, 3.05) is 16.8 Å². The first-order chi connectivity index (χ1) is 11.6. The van der Waals surface area contributed by atoms with Crippen molar-refractivity contribution in [1.29, 1.82) is 0 Å². The van der Waals surface area contributed by atoms with Gasteiger partial charge in [-0.05, 0) is 39.0 Å². The van der Waals surface area contributed by atoms with Crippen molar-refractivity contribution in [3.05, 3.63) is 21.9 Å². The van der Waals surface area contributed by atoms with E-state index in [1.165, 1.54) is 12.6 Å². The molecule has 2 aromatic rings. The number of rotatable bonds is 5. The molecule has 24 heavy (non-hydrogen) atoms. The minimum absolute atomic E-state index is 0.0366. The molecule has 8 nitrogen and oxygen atoms in total. The molecule has 4 rings (SSSR count). The van der Waals surface area contributed by atoms with Crippen LogP contribution in [0.25, 0.3) is 5.65 Å². The second-order valence-corrected chi connectivity index (χ2v) is 6.76. The topological polar surface area (TPSA) is 88.6 Å². The Morgan fingerprint density at radius 2 is 2.29 bits per heavy atom. The van der Waals surface area contributed by atoms with Crippen molar-refractivity contribution >= 4 is 23.0 Å². The van der Waals surface area contributed by atoms with Gasteiger partial charge in [0.2, 0.25) is 5.65 Å². The van der Waals surface area contributed by atoms with E-state index < -0.39 is 4.92 Å². The smallest absolute Gasteiger partial charge is 0.333 e. The minimum Gasteiger partial charge on any atom is -0.367 e. The molecule has 3 heterocycles. The summed E-state index contributed by atoms with van der Waals surface area (Å²) in [5, 5.41) is 19.1. The molecule has 1 fully saturated rings.